The molecule has 0 aliphatic heterocycles. The summed E-state index contributed by atoms with van der Waals surface area (Å²) in [6, 6.07) is 8.05. The van der Waals surface area contributed by atoms with Gasteiger partial charge < -0.3 is 10.1 Å². The van der Waals surface area contributed by atoms with E-state index in [0.717, 1.165) is 22.4 Å². The molecule has 5 heteroatoms. The molecular weight excluding hydrogens is 301 g/mol. The van der Waals surface area contributed by atoms with Crippen LogP contribution in [0.3, 0.4) is 0 Å². The summed E-state index contributed by atoms with van der Waals surface area (Å²) in [5.74, 6) is 0.871. The van der Waals surface area contributed by atoms with E-state index in [1.165, 1.54) is 11.3 Å². The quantitative estimate of drug-likeness (QED) is 0.884. The molecule has 0 amide bonds. The van der Waals surface area contributed by atoms with Gasteiger partial charge in [0.25, 0.3) is 0 Å². The SMILES string of the molecule is CNC(c1ccc(C)c(OC)c1)c1cc(Cl)sc1Cl. The molecule has 2 rings (SSSR count). The van der Waals surface area contributed by atoms with E-state index in [9.17, 15) is 0 Å². The first kappa shape index (κ1) is 14.7. The van der Waals surface area contributed by atoms with Gasteiger partial charge in [0, 0.05) is 5.56 Å². The van der Waals surface area contributed by atoms with E-state index >= 15 is 0 Å². The minimum Gasteiger partial charge on any atom is -0.496 e. The van der Waals surface area contributed by atoms with E-state index in [4.69, 9.17) is 27.9 Å². The van der Waals surface area contributed by atoms with Crippen LogP contribution in [0.25, 0.3) is 0 Å². The lowest BCUT2D eigenvalue weighted by Crippen LogP contribution is -2.17. The van der Waals surface area contributed by atoms with Gasteiger partial charge in [0.05, 0.1) is 21.8 Å². The standard InChI is InChI=1S/C14H15Cl2NOS/c1-8-4-5-9(6-11(8)18-3)13(17-2)10-7-12(15)19-14(10)16/h4-7,13,17H,1-3H3. The normalized spacial score (nSPS) is 12.5. The summed E-state index contributed by atoms with van der Waals surface area (Å²) < 4.78 is 6.77. The predicted molar refractivity (Wildman–Crippen MR) is 83.0 cm³/mol. The van der Waals surface area contributed by atoms with E-state index in [0.29, 0.717) is 8.67 Å². The van der Waals surface area contributed by atoms with E-state index in [1.54, 1.807) is 7.11 Å². The van der Waals surface area contributed by atoms with Crippen molar-refractivity contribution in [2.24, 2.45) is 0 Å². The Bertz CT molecular complexity index is 583. The highest BCUT2D eigenvalue weighted by Gasteiger charge is 2.18. The molecule has 0 bridgehead atoms. The summed E-state index contributed by atoms with van der Waals surface area (Å²) in [5, 5.41) is 3.27. The van der Waals surface area contributed by atoms with Gasteiger partial charge in [0.1, 0.15) is 5.75 Å². The van der Waals surface area contributed by atoms with Gasteiger partial charge in [-0.2, -0.15) is 0 Å². The molecule has 0 saturated carbocycles. The first-order chi connectivity index (χ1) is 9.06. The summed E-state index contributed by atoms with van der Waals surface area (Å²) in [6.07, 6.45) is 0. The fraction of sp³-hybridized carbons (Fsp3) is 0.286. The molecule has 0 spiro atoms. The lowest BCUT2D eigenvalue weighted by Gasteiger charge is -2.18. The minimum absolute atomic E-state index is 0.00532. The van der Waals surface area contributed by atoms with Crippen molar-refractivity contribution in [1.29, 1.82) is 0 Å². The summed E-state index contributed by atoms with van der Waals surface area (Å²) >= 11 is 13.6. The number of hydrogen-bond donors (Lipinski definition) is 1. The lowest BCUT2D eigenvalue weighted by atomic mass is 10.00. The number of halogens is 2. The average molecular weight is 316 g/mol. The number of rotatable bonds is 4. The van der Waals surface area contributed by atoms with Crippen LogP contribution in [0.1, 0.15) is 22.7 Å². The van der Waals surface area contributed by atoms with Gasteiger partial charge in [-0.05, 0) is 37.2 Å². The molecule has 0 saturated heterocycles. The molecular formula is C14H15Cl2NOS. The number of thiophene rings is 1. The van der Waals surface area contributed by atoms with Crippen molar-refractivity contribution in [3.05, 3.63) is 49.6 Å². The lowest BCUT2D eigenvalue weighted by molar-refractivity contribution is 0.410. The van der Waals surface area contributed by atoms with E-state index < -0.39 is 0 Å². The second-order valence-corrected chi connectivity index (χ2v) is 6.52. The zero-order valence-corrected chi connectivity index (χ0v) is 13.3. The molecule has 0 aliphatic rings. The molecule has 19 heavy (non-hydrogen) atoms. The molecule has 2 nitrogen and oxygen atoms in total. The topological polar surface area (TPSA) is 21.3 Å². The van der Waals surface area contributed by atoms with Gasteiger partial charge in [0.15, 0.2) is 0 Å². The molecule has 1 aromatic carbocycles. The van der Waals surface area contributed by atoms with Crippen LogP contribution in [0.4, 0.5) is 0 Å². The van der Waals surface area contributed by atoms with Crippen molar-refractivity contribution in [3.8, 4) is 5.75 Å². The number of hydrogen-bond acceptors (Lipinski definition) is 3. The van der Waals surface area contributed by atoms with Gasteiger partial charge in [-0.1, -0.05) is 35.3 Å². The number of aryl methyl sites for hydroxylation is 1. The van der Waals surface area contributed by atoms with E-state index in [1.807, 2.05) is 32.2 Å². The largest absolute Gasteiger partial charge is 0.496 e. The number of ether oxygens (including phenoxy) is 1. The maximum atomic E-state index is 6.24. The Morgan fingerprint density at radius 3 is 2.53 bits per heavy atom. The van der Waals surface area contributed by atoms with Crippen LogP contribution in [0.2, 0.25) is 8.67 Å². The number of nitrogens with one attached hydrogen (secondary N) is 1. The molecule has 1 atom stereocenters. The molecule has 0 radical (unpaired) electrons. The Morgan fingerprint density at radius 2 is 2.00 bits per heavy atom. The molecule has 1 heterocycles. The fourth-order valence-corrected chi connectivity index (χ4v) is 3.60. The monoisotopic (exact) mass is 315 g/mol. The van der Waals surface area contributed by atoms with Crippen molar-refractivity contribution >= 4 is 34.5 Å². The summed E-state index contributed by atoms with van der Waals surface area (Å²) in [6.45, 7) is 2.02. The zero-order chi connectivity index (χ0) is 14.0. The maximum absolute atomic E-state index is 6.24. The average Bonchev–Trinajstić information content (AvgIpc) is 2.71. The Balaban J connectivity index is 2.45. The van der Waals surface area contributed by atoms with E-state index in [2.05, 4.69) is 11.4 Å². The molecule has 1 unspecified atom stereocenters. The maximum Gasteiger partial charge on any atom is 0.122 e. The zero-order valence-electron chi connectivity index (χ0n) is 11.0. The third-order valence-electron chi connectivity index (χ3n) is 3.05. The third kappa shape index (κ3) is 3.06. The molecule has 0 fully saturated rings. The highest BCUT2D eigenvalue weighted by Crippen LogP contribution is 2.38. The molecule has 0 aliphatic carbocycles. The molecule has 1 N–H and O–H groups in total. The van der Waals surface area contributed by atoms with Crippen molar-refractivity contribution in [3.63, 3.8) is 0 Å². The molecule has 1 aromatic heterocycles. The van der Waals surface area contributed by atoms with Crippen molar-refractivity contribution in [2.75, 3.05) is 14.2 Å². The van der Waals surface area contributed by atoms with Crippen LogP contribution in [0, 0.1) is 6.92 Å². The van der Waals surface area contributed by atoms with Crippen LogP contribution < -0.4 is 10.1 Å². The van der Waals surface area contributed by atoms with Gasteiger partial charge in [-0.15, -0.1) is 11.3 Å². The Labute approximate surface area is 127 Å². The highest BCUT2D eigenvalue weighted by molar-refractivity contribution is 7.20. The van der Waals surface area contributed by atoms with Gasteiger partial charge in [-0.25, -0.2) is 0 Å². The van der Waals surface area contributed by atoms with Crippen molar-refractivity contribution in [1.82, 2.24) is 5.32 Å². The second kappa shape index (κ2) is 6.14. The van der Waals surface area contributed by atoms with Gasteiger partial charge >= 0.3 is 0 Å². The summed E-state index contributed by atoms with van der Waals surface area (Å²) in [7, 11) is 3.58. The van der Waals surface area contributed by atoms with Crippen LogP contribution in [0.5, 0.6) is 5.75 Å². The Hall–Kier alpha value is -0.740. The fourth-order valence-electron chi connectivity index (χ4n) is 2.07. The number of benzene rings is 1. The van der Waals surface area contributed by atoms with Crippen LogP contribution in [0.15, 0.2) is 24.3 Å². The number of methoxy groups -OCH3 is 1. The van der Waals surface area contributed by atoms with Crippen LogP contribution >= 0.6 is 34.5 Å². The van der Waals surface area contributed by atoms with Crippen molar-refractivity contribution < 1.29 is 4.74 Å². The summed E-state index contributed by atoms with van der Waals surface area (Å²) in [4.78, 5) is 0. The summed E-state index contributed by atoms with van der Waals surface area (Å²) in [5.41, 5.74) is 3.20. The molecule has 2 aromatic rings. The Morgan fingerprint density at radius 1 is 1.26 bits per heavy atom. The first-order valence-electron chi connectivity index (χ1n) is 5.83. The van der Waals surface area contributed by atoms with Gasteiger partial charge in [0.2, 0.25) is 0 Å². The van der Waals surface area contributed by atoms with Crippen LogP contribution in [-0.2, 0) is 0 Å². The third-order valence-corrected chi connectivity index (χ3v) is 4.57. The first-order valence-corrected chi connectivity index (χ1v) is 7.40. The van der Waals surface area contributed by atoms with Crippen molar-refractivity contribution in [2.45, 2.75) is 13.0 Å². The van der Waals surface area contributed by atoms with E-state index in [-0.39, 0.29) is 6.04 Å². The predicted octanol–water partition coefficient (Wildman–Crippen LogP) is 4.68. The second-order valence-electron chi connectivity index (χ2n) is 4.23. The van der Waals surface area contributed by atoms with Crippen LogP contribution in [-0.4, -0.2) is 14.2 Å². The highest BCUT2D eigenvalue weighted by atomic mass is 35.5. The van der Waals surface area contributed by atoms with Gasteiger partial charge in [-0.3, -0.25) is 0 Å². The minimum atomic E-state index is 0.00532. The molecule has 102 valence electrons. The Kier molecular flexibility index (Phi) is 4.74. The smallest absolute Gasteiger partial charge is 0.122 e.